The van der Waals surface area contributed by atoms with Crippen LogP contribution in [0, 0.1) is 18.7 Å². The fourth-order valence-electron chi connectivity index (χ4n) is 4.06. The number of nitrogens with zero attached hydrogens (tertiary/aromatic N) is 5. The number of anilines is 2. The standard InChI is InChI=1S/C21H19FN6O/c1-12-2-3-15(8-16(12)20-25-9-14(22)10-26-20)27-21(29)18-7-13-6-17(13)28(18)19-11-23-4-5-24-19/h2-5,8-11,13,17-18H,6-7H2,1H3,(H,27,29)/t13-,17-,18+/m1/s1. The number of piperidine rings is 1. The van der Waals surface area contributed by atoms with Gasteiger partial charge < -0.3 is 10.2 Å². The fourth-order valence-corrected chi connectivity index (χ4v) is 4.06. The van der Waals surface area contributed by atoms with Crippen molar-refractivity contribution in [1.29, 1.82) is 0 Å². The van der Waals surface area contributed by atoms with Crippen LogP contribution in [0.4, 0.5) is 15.9 Å². The molecule has 3 aromatic rings. The smallest absolute Gasteiger partial charge is 0.247 e. The number of halogens is 1. The number of nitrogens with one attached hydrogen (secondary N) is 1. The van der Waals surface area contributed by atoms with Gasteiger partial charge in [-0.1, -0.05) is 6.07 Å². The normalized spacial score (nSPS) is 22.3. The number of aryl methyl sites for hydroxylation is 1. The molecule has 2 fully saturated rings. The molecule has 0 unspecified atom stereocenters. The monoisotopic (exact) mass is 390 g/mol. The molecule has 3 atom stereocenters. The SMILES string of the molecule is Cc1ccc(NC(=O)[C@@H]2C[C@H]3C[C@H]3N2c2cnccn2)cc1-c1ncc(F)cn1. The van der Waals surface area contributed by atoms with Crippen LogP contribution in [0.15, 0.2) is 49.2 Å². The van der Waals surface area contributed by atoms with Crippen molar-refractivity contribution in [2.24, 2.45) is 5.92 Å². The van der Waals surface area contributed by atoms with Gasteiger partial charge >= 0.3 is 0 Å². The van der Waals surface area contributed by atoms with Gasteiger partial charge in [0.05, 0.1) is 18.6 Å². The van der Waals surface area contributed by atoms with E-state index >= 15 is 0 Å². The van der Waals surface area contributed by atoms with Crippen molar-refractivity contribution in [2.75, 3.05) is 10.2 Å². The number of rotatable bonds is 4. The number of carbonyl (C=O) groups is 1. The Labute approximate surface area is 167 Å². The number of hydrogen-bond donors (Lipinski definition) is 1. The molecule has 3 heterocycles. The van der Waals surface area contributed by atoms with Crippen LogP contribution in [0.3, 0.4) is 0 Å². The Morgan fingerprint density at radius 2 is 1.97 bits per heavy atom. The van der Waals surface area contributed by atoms with E-state index < -0.39 is 5.82 Å². The first-order valence-electron chi connectivity index (χ1n) is 9.54. The maximum atomic E-state index is 13.1. The fraction of sp³-hybridized carbons (Fsp3) is 0.286. The van der Waals surface area contributed by atoms with E-state index in [2.05, 4.69) is 30.2 Å². The molecule has 5 rings (SSSR count). The Bertz CT molecular complexity index is 1060. The molecule has 0 radical (unpaired) electrons. The Balaban J connectivity index is 1.38. The lowest BCUT2D eigenvalue weighted by atomic mass is 10.1. The summed E-state index contributed by atoms with van der Waals surface area (Å²) in [7, 11) is 0. The molecule has 29 heavy (non-hydrogen) atoms. The summed E-state index contributed by atoms with van der Waals surface area (Å²) in [5.74, 6) is 1.14. The first-order valence-corrected chi connectivity index (χ1v) is 9.54. The minimum Gasteiger partial charge on any atom is -0.340 e. The molecule has 1 aromatic carbocycles. The quantitative estimate of drug-likeness (QED) is 0.737. The Kier molecular flexibility index (Phi) is 4.19. The molecule has 0 bridgehead atoms. The number of fused-ring (bicyclic) bond motifs is 1. The molecule has 1 aliphatic carbocycles. The molecule has 1 saturated carbocycles. The molecule has 146 valence electrons. The summed E-state index contributed by atoms with van der Waals surface area (Å²) in [5.41, 5.74) is 2.35. The number of amides is 1. The third-order valence-corrected chi connectivity index (χ3v) is 5.59. The van der Waals surface area contributed by atoms with Crippen LogP contribution in [-0.2, 0) is 4.79 Å². The van der Waals surface area contributed by atoms with Crippen molar-refractivity contribution in [1.82, 2.24) is 19.9 Å². The largest absolute Gasteiger partial charge is 0.340 e. The summed E-state index contributed by atoms with van der Waals surface area (Å²) in [6, 6.07) is 5.65. The van der Waals surface area contributed by atoms with Crippen LogP contribution in [-0.4, -0.2) is 37.9 Å². The first-order chi connectivity index (χ1) is 14.1. The summed E-state index contributed by atoms with van der Waals surface area (Å²) < 4.78 is 13.1. The van der Waals surface area contributed by atoms with E-state index in [9.17, 15) is 9.18 Å². The number of carbonyl (C=O) groups excluding carboxylic acids is 1. The summed E-state index contributed by atoms with van der Waals surface area (Å²) in [5, 5.41) is 3.02. The summed E-state index contributed by atoms with van der Waals surface area (Å²) in [6.45, 7) is 1.92. The average Bonchev–Trinajstić information content (AvgIpc) is 3.40. The highest BCUT2D eigenvalue weighted by molar-refractivity contribution is 5.98. The van der Waals surface area contributed by atoms with Gasteiger partial charge in [0.1, 0.15) is 11.9 Å². The Hall–Kier alpha value is -3.42. The molecule has 1 N–H and O–H groups in total. The van der Waals surface area contributed by atoms with E-state index in [1.165, 1.54) is 0 Å². The zero-order valence-electron chi connectivity index (χ0n) is 15.8. The lowest BCUT2D eigenvalue weighted by molar-refractivity contribution is -0.117. The van der Waals surface area contributed by atoms with Gasteiger partial charge in [-0.25, -0.2) is 19.3 Å². The topological polar surface area (TPSA) is 83.9 Å². The summed E-state index contributed by atoms with van der Waals surface area (Å²) in [4.78, 5) is 31.8. The zero-order chi connectivity index (χ0) is 20.0. The third-order valence-electron chi connectivity index (χ3n) is 5.59. The minimum atomic E-state index is -0.486. The molecule has 2 aliphatic rings. The van der Waals surface area contributed by atoms with Gasteiger partial charge in [0.2, 0.25) is 5.91 Å². The molecular weight excluding hydrogens is 371 g/mol. The van der Waals surface area contributed by atoms with E-state index in [4.69, 9.17) is 0 Å². The van der Waals surface area contributed by atoms with Crippen LogP contribution in [0.2, 0.25) is 0 Å². The zero-order valence-corrected chi connectivity index (χ0v) is 15.8. The average molecular weight is 390 g/mol. The van der Waals surface area contributed by atoms with E-state index in [0.717, 1.165) is 42.2 Å². The molecule has 1 amide bonds. The lowest BCUT2D eigenvalue weighted by Crippen LogP contribution is -2.42. The number of hydrogen-bond acceptors (Lipinski definition) is 6. The van der Waals surface area contributed by atoms with Gasteiger partial charge in [0, 0.05) is 29.7 Å². The molecule has 0 spiro atoms. The van der Waals surface area contributed by atoms with Gasteiger partial charge in [-0.3, -0.25) is 9.78 Å². The van der Waals surface area contributed by atoms with E-state index in [0.29, 0.717) is 23.5 Å². The van der Waals surface area contributed by atoms with Gasteiger partial charge in [-0.2, -0.15) is 0 Å². The maximum absolute atomic E-state index is 13.1. The maximum Gasteiger partial charge on any atom is 0.247 e. The third kappa shape index (κ3) is 3.30. The molecule has 8 heteroatoms. The summed E-state index contributed by atoms with van der Waals surface area (Å²) >= 11 is 0. The first kappa shape index (κ1) is 17.7. The minimum absolute atomic E-state index is 0.0716. The second kappa shape index (κ2) is 6.88. The lowest BCUT2D eigenvalue weighted by Gasteiger charge is -2.27. The van der Waals surface area contributed by atoms with Crippen LogP contribution >= 0.6 is 0 Å². The summed E-state index contributed by atoms with van der Waals surface area (Å²) in [6.07, 6.45) is 9.16. The predicted molar refractivity (Wildman–Crippen MR) is 106 cm³/mol. The highest BCUT2D eigenvalue weighted by atomic mass is 19.1. The molecule has 1 aliphatic heterocycles. The molecule has 2 aromatic heterocycles. The highest BCUT2D eigenvalue weighted by Gasteiger charge is 2.54. The van der Waals surface area contributed by atoms with Gasteiger partial charge in [0.25, 0.3) is 0 Å². The van der Waals surface area contributed by atoms with Gasteiger partial charge in [-0.15, -0.1) is 0 Å². The molecule has 7 nitrogen and oxygen atoms in total. The number of aromatic nitrogens is 4. The van der Waals surface area contributed by atoms with Crippen LogP contribution in [0.25, 0.3) is 11.4 Å². The van der Waals surface area contributed by atoms with Crippen LogP contribution < -0.4 is 10.2 Å². The van der Waals surface area contributed by atoms with E-state index in [1.54, 1.807) is 18.6 Å². The van der Waals surface area contributed by atoms with Gasteiger partial charge in [0.15, 0.2) is 11.6 Å². The number of benzene rings is 1. The second-order valence-electron chi connectivity index (χ2n) is 7.53. The van der Waals surface area contributed by atoms with Crippen molar-refractivity contribution in [3.8, 4) is 11.4 Å². The van der Waals surface area contributed by atoms with Crippen molar-refractivity contribution in [2.45, 2.75) is 31.8 Å². The van der Waals surface area contributed by atoms with Crippen molar-refractivity contribution in [3.63, 3.8) is 0 Å². The van der Waals surface area contributed by atoms with E-state index in [1.807, 2.05) is 25.1 Å². The van der Waals surface area contributed by atoms with Crippen molar-refractivity contribution in [3.05, 3.63) is 60.6 Å². The van der Waals surface area contributed by atoms with E-state index in [-0.39, 0.29) is 11.9 Å². The van der Waals surface area contributed by atoms with Crippen LogP contribution in [0.1, 0.15) is 18.4 Å². The van der Waals surface area contributed by atoms with Crippen LogP contribution in [0.5, 0.6) is 0 Å². The Morgan fingerprint density at radius 3 is 2.72 bits per heavy atom. The van der Waals surface area contributed by atoms with Crippen molar-refractivity contribution < 1.29 is 9.18 Å². The molecule has 1 saturated heterocycles. The molecular formula is C21H19FN6O. The second-order valence-corrected chi connectivity index (χ2v) is 7.53. The Morgan fingerprint density at radius 1 is 1.14 bits per heavy atom. The predicted octanol–water partition coefficient (Wildman–Crippen LogP) is 2.99. The van der Waals surface area contributed by atoms with Crippen molar-refractivity contribution >= 4 is 17.4 Å². The highest BCUT2D eigenvalue weighted by Crippen LogP contribution is 2.49. The van der Waals surface area contributed by atoms with Gasteiger partial charge in [-0.05, 0) is 43.4 Å².